The molecule has 0 amide bonds. The Morgan fingerprint density at radius 1 is 0.889 bits per heavy atom. The summed E-state index contributed by atoms with van der Waals surface area (Å²) in [5.74, 6) is 1.34. The van der Waals surface area contributed by atoms with E-state index in [2.05, 4.69) is 9.80 Å². The Labute approximate surface area is 208 Å². The lowest BCUT2D eigenvalue weighted by molar-refractivity contribution is 0.121. The Morgan fingerprint density at radius 3 is 2.50 bits per heavy atom. The zero-order valence-electron chi connectivity index (χ0n) is 20.5. The van der Waals surface area contributed by atoms with Crippen molar-refractivity contribution in [1.29, 1.82) is 0 Å². The number of morpholine rings is 1. The number of ether oxygens (including phenoxy) is 2. The molecule has 5 aromatic rings. The van der Waals surface area contributed by atoms with Crippen LogP contribution in [0.4, 0.5) is 5.88 Å². The van der Waals surface area contributed by atoms with Crippen molar-refractivity contribution >= 4 is 38.8 Å². The first-order valence-electron chi connectivity index (χ1n) is 12.2. The van der Waals surface area contributed by atoms with Gasteiger partial charge in [0.1, 0.15) is 29.1 Å². The molecule has 1 aliphatic heterocycles. The van der Waals surface area contributed by atoms with Crippen LogP contribution in [0.2, 0.25) is 0 Å². The molecule has 7 nitrogen and oxygen atoms in total. The van der Waals surface area contributed by atoms with E-state index in [1.165, 1.54) is 0 Å². The van der Waals surface area contributed by atoms with Crippen molar-refractivity contribution in [2.45, 2.75) is 0 Å². The third-order valence-electron chi connectivity index (χ3n) is 6.64. The second-order valence-corrected chi connectivity index (χ2v) is 9.30. The monoisotopic (exact) mass is 484 g/mol. The topological polar surface area (TPSA) is 68.3 Å². The molecular weight excluding hydrogens is 456 g/mol. The molecule has 7 heteroatoms. The van der Waals surface area contributed by atoms with Gasteiger partial charge in [-0.05, 0) is 38.4 Å². The highest BCUT2D eigenvalue weighted by Gasteiger charge is 2.21. The summed E-state index contributed by atoms with van der Waals surface area (Å²) in [6.45, 7) is 3.95. The minimum absolute atomic E-state index is 0.0657. The molecule has 36 heavy (non-hydrogen) atoms. The molecule has 0 N–H and O–H groups in total. The summed E-state index contributed by atoms with van der Waals surface area (Å²) >= 11 is 0. The molecule has 0 spiro atoms. The number of benzene rings is 3. The second kappa shape index (κ2) is 9.33. The minimum Gasteiger partial charge on any atom is -0.491 e. The van der Waals surface area contributed by atoms with E-state index >= 15 is 0 Å². The van der Waals surface area contributed by atoms with Crippen molar-refractivity contribution in [3.8, 4) is 16.9 Å². The Kier molecular flexibility index (Phi) is 5.87. The zero-order chi connectivity index (χ0) is 24.6. The fourth-order valence-electron chi connectivity index (χ4n) is 4.78. The molecule has 1 saturated heterocycles. The van der Waals surface area contributed by atoms with Crippen LogP contribution >= 0.6 is 0 Å². The smallest absolute Gasteiger partial charge is 0.200 e. The number of furan rings is 1. The number of hydrogen-bond acceptors (Lipinski definition) is 7. The van der Waals surface area contributed by atoms with Crippen molar-refractivity contribution in [3.05, 3.63) is 70.9 Å². The number of likely N-dealkylation sites (N-methyl/N-ethyl adjacent to an activating group) is 1. The van der Waals surface area contributed by atoms with Crippen LogP contribution in [-0.4, -0.2) is 58.5 Å². The molecule has 3 aromatic carbocycles. The summed E-state index contributed by atoms with van der Waals surface area (Å²) in [5, 5.41) is 2.45. The lowest BCUT2D eigenvalue weighted by Crippen LogP contribution is -2.36. The Bertz CT molecular complexity index is 1610. The van der Waals surface area contributed by atoms with Crippen molar-refractivity contribution in [2.75, 3.05) is 58.5 Å². The molecule has 1 fully saturated rings. The summed E-state index contributed by atoms with van der Waals surface area (Å²) in [6.07, 6.45) is 0. The van der Waals surface area contributed by atoms with Crippen LogP contribution in [0, 0.1) is 0 Å². The van der Waals surface area contributed by atoms with E-state index in [4.69, 9.17) is 18.3 Å². The maximum Gasteiger partial charge on any atom is 0.200 e. The van der Waals surface area contributed by atoms with Gasteiger partial charge in [0.15, 0.2) is 11.3 Å². The van der Waals surface area contributed by atoms with Crippen LogP contribution in [0.3, 0.4) is 0 Å². The highest BCUT2D eigenvalue weighted by atomic mass is 16.5. The SMILES string of the molecule is CN(C)CCOc1ccc(-c2cccc3c(=O)cc(N4CCOCC4)oc23)c2oc3ccccc3c12. The fourth-order valence-corrected chi connectivity index (χ4v) is 4.78. The molecule has 6 rings (SSSR count). The van der Waals surface area contributed by atoms with Gasteiger partial charge in [-0.25, -0.2) is 0 Å². The van der Waals surface area contributed by atoms with E-state index in [-0.39, 0.29) is 5.43 Å². The summed E-state index contributed by atoms with van der Waals surface area (Å²) in [7, 11) is 4.05. The van der Waals surface area contributed by atoms with Crippen molar-refractivity contribution in [2.24, 2.45) is 0 Å². The predicted octanol–water partition coefficient (Wildman–Crippen LogP) is 5.14. The van der Waals surface area contributed by atoms with Crippen LogP contribution in [0.1, 0.15) is 0 Å². The van der Waals surface area contributed by atoms with Gasteiger partial charge >= 0.3 is 0 Å². The molecule has 3 heterocycles. The summed E-state index contributed by atoms with van der Waals surface area (Å²) in [4.78, 5) is 17.2. The molecular formula is C29H28N2O5. The van der Waals surface area contributed by atoms with Crippen LogP contribution in [0.25, 0.3) is 44.0 Å². The van der Waals surface area contributed by atoms with Crippen molar-refractivity contribution < 1.29 is 18.3 Å². The lowest BCUT2D eigenvalue weighted by Gasteiger charge is -2.27. The van der Waals surface area contributed by atoms with Gasteiger partial charge in [0.25, 0.3) is 0 Å². The number of nitrogens with zero attached hydrogens (tertiary/aromatic N) is 2. The molecule has 1 aliphatic rings. The molecule has 0 bridgehead atoms. The zero-order valence-corrected chi connectivity index (χ0v) is 20.5. The quantitative estimate of drug-likeness (QED) is 0.331. The Balaban J connectivity index is 1.55. The number of anilines is 1. The molecule has 0 unspecified atom stereocenters. The first-order valence-corrected chi connectivity index (χ1v) is 12.2. The Hall–Kier alpha value is -3.81. The highest BCUT2D eigenvalue weighted by molar-refractivity contribution is 6.14. The molecule has 0 saturated carbocycles. The van der Waals surface area contributed by atoms with Gasteiger partial charge < -0.3 is 28.1 Å². The number of rotatable bonds is 6. The number of para-hydroxylation sites is 2. The molecule has 0 radical (unpaired) electrons. The summed E-state index contributed by atoms with van der Waals surface area (Å²) < 4.78 is 24.5. The van der Waals surface area contributed by atoms with E-state index < -0.39 is 0 Å². The van der Waals surface area contributed by atoms with Gasteiger partial charge in [-0.2, -0.15) is 0 Å². The number of fused-ring (bicyclic) bond motifs is 4. The molecule has 0 aliphatic carbocycles. The van der Waals surface area contributed by atoms with Crippen LogP contribution in [-0.2, 0) is 4.74 Å². The summed E-state index contributed by atoms with van der Waals surface area (Å²) in [6, 6.07) is 19.2. The molecule has 2 aromatic heterocycles. The largest absolute Gasteiger partial charge is 0.491 e. The average molecular weight is 485 g/mol. The first kappa shape index (κ1) is 22.6. The molecule has 0 atom stereocenters. The summed E-state index contributed by atoms with van der Waals surface area (Å²) in [5.41, 5.74) is 3.65. The van der Waals surface area contributed by atoms with E-state index in [0.717, 1.165) is 39.8 Å². The van der Waals surface area contributed by atoms with E-state index in [1.54, 1.807) is 6.07 Å². The van der Waals surface area contributed by atoms with Gasteiger partial charge in [-0.1, -0.05) is 30.3 Å². The van der Waals surface area contributed by atoms with Crippen LogP contribution in [0.5, 0.6) is 5.75 Å². The van der Waals surface area contributed by atoms with Crippen LogP contribution < -0.4 is 15.1 Å². The highest BCUT2D eigenvalue weighted by Crippen LogP contribution is 2.42. The van der Waals surface area contributed by atoms with Crippen molar-refractivity contribution in [3.63, 3.8) is 0 Å². The number of hydrogen-bond donors (Lipinski definition) is 0. The van der Waals surface area contributed by atoms with Crippen molar-refractivity contribution in [1.82, 2.24) is 4.90 Å². The maximum absolute atomic E-state index is 13.1. The normalized spacial score (nSPS) is 14.4. The predicted molar refractivity (Wildman–Crippen MR) is 142 cm³/mol. The average Bonchev–Trinajstić information content (AvgIpc) is 3.29. The lowest BCUT2D eigenvalue weighted by atomic mass is 9.99. The third-order valence-corrected chi connectivity index (χ3v) is 6.64. The first-order chi connectivity index (χ1) is 17.6. The Morgan fingerprint density at radius 2 is 1.67 bits per heavy atom. The van der Waals surface area contributed by atoms with Gasteiger partial charge in [-0.3, -0.25) is 4.79 Å². The van der Waals surface area contributed by atoms with Gasteiger partial charge in [0.05, 0.1) is 24.0 Å². The van der Waals surface area contributed by atoms with Gasteiger partial charge in [-0.15, -0.1) is 0 Å². The standard InChI is InChI=1S/C29H28N2O5/c1-30(2)12-17-34-25-11-10-20(29-27(25)22-6-3-4-9-24(22)35-29)19-7-5-8-21-23(32)18-26(36-28(19)21)31-13-15-33-16-14-31/h3-11,18H,12-17H2,1-2H3. The van der Waals surface area contributed by atoms with E-state index in [0.29, 0.717) is 55.3 Å². The van der Waals surface area contributed by atoms with E-state index in [9.17, 15) is 4.79 Å². The fraction of sp³-hybridized carbons (Fsp3) is 0.276. The third kappa shape index (κ3) is 4.00. The van der Waals surface area contributed by atoms with Gasteiger partial charge in [0.2, 0.25) is 0 Å². The van der Waals surface area contributed by atoms with E-state index in [1.807, 2.05) is 68.7 Å². The minimum atomic E-state index is -0.0657. The maximum atomic E-state index is 13.1. The molecule has 184 valence electrons. The second-order valence-electron chi connectivity index (χ2n) is 9.30. The van der Waals surface area contributed by atoms with Crippen LogP contribution in [0.15, 0.2) is 74.3 Å². The van der Waals surface area contributed by atoms with Gasteiger partial charge in [0, 0.05) is 42.2 Å².